The largest absolute Gasteiger partial charge is 0.491 e. The molecule has 0 bridgehead atoms. The fraction of sp³-hybridized carbons (Fsp3) is 0.625. The molecule has 6 heteroatoms. The normalized spacial score (nSPS) is 11.0. The second kappa shape index (κ2) is 12.2. The Bertz CT molecular complexity index is 371. The predicted molar refractivity (Wildman–Crippen MR) is 87.4 cm³/mol. The Morgan fingerprint density at radius 2 is 1.27 bits per heavy atom. The average Bonchev–Trinajstić information content (AvgIpc) is 2.50. The van der Waals surface area contributed by atoms with Gasteiger partial charge in [0.15, 0.2) is 0 Å². The van der Waals surface area contributed by atoms with Crippen molar-refractivity contribution in [2.24, 2.45) is 0 Å². The molecule has 0 heterocycles. The van der Waals surface area contributed by atoms with Crippen LogP contribution in [0.5, 0.6) is 5.75 Å². The number of rotatable bonds is 13. The Morgan fingerprint density at radius 1 is 0.773 bits per heavy atom. The Hall–Kier alpha value is -1.34. The van der Waals surface area contributed by atoms with E-state index in [1.165, 1.54) is 0 Å². The van der Waals surface area contributed by atoms with Gasteiger partial charge >= 0.3 is 0 Å². The van der Waals surface area contributed by atoms with E-state index in [0.29, 0.717) is 39.6 Å². The number of likely N-dealkylation sites (N-methyl/N-ethyl adjacent to an activating group) is 1. The van der Waals surface area contributed by atoms with Gasteiger partial charge in [0.05, 0.1) is 39.6 Å². The maximum atomic E-state index is 5.60. The molecular weight excluding hydrogens is 284 g/mol. The minimum Gasteiger partial charge on any atom is -0.491 e. The summed E-state index contributed by atoms with van der Waals surface area (Å²) in [6, 6.07) is 7.30. The monoisotopic (exact) mass is 312 g/mol. The molecule has 0 aliphatic heterocycles. The number of anilines is 1. The molecule has 0 radical (unpaired) electrons. The molecule has 0 saturated heterocycles. The summed E-state index contributed by atoms with van der Waals surface area (Å²) in [7, 11) is 4.04. The maximum absolute atomic E-state index is 5.60. The van der Waals surface area contributed by atoms with Gasteiger partial charge in [0, 0.05) is 12.2 Å². The molecule has 0 fully saturated rings. The van der Waals surface area contributed by atoms with Crippen LogP contribution >= 0.6 is 0 Å². The minimum absolute atomic E-state index is 0.511. The Morgan fingerprint density at radius 3 is 1.82 bits per heavy atom. The molecule has 0 atom stereocenters. The van der Waals surface area contributed by atoms with Gasteiger partial charge in [-0.1, -0.05) is 0 Å². The van der Waals surface area contributed by atoms with E-state index in [2.05, 4.69) is 4.90 Å². The van der Waals surface area contributed by atoms with Crippen molar-refractivity contribution in [3.05, 3.63) is 24.3 Å². The summed E-state index contributed by atoms with van der Waals surface area (Å²) >= 11 is 0. The zero-order chi connectivity index (χ0) is 16.0. The van der Waals surface area contributed by atoms with E-state index in [4.69, 9.17) is 24.7 Å². The first-order valence-electron chi connectivity index (χ1n) is 7.55. The fourth-order valence-electron chi connectivity index (χ4n) is 1.57. The first kappa shape index (κ1) is 18.7. The van der Waals surface area contributed by atoms with Gasteiger partial charge in [-0.2, -0.15) is 0 Å². The van der Waals surface area contributed by atoms with Gasteiger partial charge in [0.2, 0.25) is 0 Å². The molecule has 0 aromatic heterocycles. The van der Waals surface area contributed by atoms with Crippen molar-refractivity contribution >= 4 is 5.69 Å². The highest BCUT2D eigenvalue weighted by molar-refractivity contribution is 5.41. The molecule has 0 spiro atoms. The van der Waals surface area contributed by atoms with Crippen LogP contribution in [0.15, 0.2) is 24.3 Å². The summed E-state index contributed by atoms with van der Waals surface area (Å²) in [5.41, 5.74) is 6.32. The summed E-state index contributed by atoms with van der Waals surface area (Å²) in [4.78, 5) is 2.08. The van der Waals surface area contributed by atoms with Crippen LogP contribution in [-0.4, -0.2) is 71.8 Å². The van der Waals surface area contributed by atoms with Crippen molar-refractivity contribution in [1.29, 1.82) is 0 Å². The molecule has 0 unspecified atom stereocenters. The molecule has 126 valence electrons. The van der Waals surface area contributed by atoms with E-state index < -0.39 is 0 Å². The van der Waals surface area contributed by atoms with Crippen LogP contribution in [0.25, 0.3) is 0 Å². The van der Waals surface area contributed by atoms with Crippen molar-refractivity contribution in [1.82, 2.24) is 4.90 Å². The van der Waals surface area contributed by atoms with Gasteiger partial charge in [-0.3, -0.25) is 0 Å². The first-order chi connectivity index (χ1) is 10.7. The summed E-state index contributed by atoms with van der Waals surface area (Å²) in [5.74, 6) is 0.795. The minimum atomic E-state index is 0.511. The lowest BCUT2D eigenvalue weighted by molar-refractivity contribution is 0.00754. The Labute approximate surface area is 133 Å². The lowest BCUT2D eigenvalue weighted by Crippen LogP contribution is -2.19. The number of nitrogen functional groups attached to an aromatic ring is 1. The SMILES string of the molecule is CN(C)CCOCCOCCOCCOc1ccc(N)cc1. The molecule has 1 rings (SSSR count). The average molecular weight is 312 g/mol. The van der Waals surface area contributed by atoms with Gasteiger partial charge < -0.3 is 29.6 Å². The highest BCUT2D eigenvalue weighted by atomic mass is 16.6. The number of nitrogens with zero attached hydrogens (tertiary/aromatic N) is 1. The summed E-state index contributed by atoms with van der Waals surface area (Å²) < 4.78 is 21.7. The molecule has 0 aliphatic rings. The van der Waals surface area contributed by atoms with E-state index >= 15 is 0 Å². The van der Waals surface area contributed by atoms with Crippen LogP contribution < -0.4 is 10.5 Å². The second-order valence-electron chi connectivity index (χ2n) is 5.06. The van der Waals surface area contributed by atoms with Crippen LogP contribution in [-0.2, 0) is 14.2 Å². The van der Waals surface area contributed by atoms with Crippen LogP contribution in [0.2, 0.25) is 0 Å². The molecular formula is C16H28N2O4. The molecule has 0 saturated carbocycles. The topological polar surface area (TPSA) is 66.2 Å². The molecule has 6 nitrogen and oxygen atoms in total. The molecule has 1 aromatic rings. The Balaban J connectivity index is 1.81. The molecule has 2 N–H and O–H groups in total. The zero-order valence-electron chi connectivity index (χ0n) is 13.6. The molecule has 0 aliphatic carbocycles. The van der Waals surface area contributed by atoms with Crippen LogP contribution in [0.1, 0.15) is 0 Å². The van der Waals surface area contributed by atoms with E-state index in [9.17, 15) is 0 Å². The summed E-state index contributed by atoms with van der Waals surface area (Å²) in [6.45, 7) is 5.05. The number of hydrogen-bond donors (Lipinski definition) is 1. The fourth-order valence-corrected chi connectivity index (χ4v) is 1.57. The number of ether oxygens (including phenoxy) is 4. The first-order valence-corrected chi connectivity index (χ1v) is 7.55. The number of benzene rings is 1. The second-order valence-corrected chi connectivity index (χ2v) is 5.06. The van der Waals surface area contributed by atoms with Crippen molar-refractivity contribution in [3.8, 4) is 5.75 Å². The highest BCUT2D eigenvalue weighted by Gasteiger charge is 1.95. The van der Waals surface area contributed by atoms with Gasteiger partial charge in [0.25, 0.3) is 0 Å². The molecule has 1 aromatic carbocycles. The van der Waals surface area contributed by atoms with Crippen molar-refractivity contribution in [2.75, 3.05) is 72.6 Å². The molecule has 22 heavy (non-hydrogen) atoms. The van der Waals surface area contributed by atoms with Crippen LogP contribution in [0.4, 0.5) is 5.69 Å². The third kappa shape index (κ3) is 10.4. The lowest BCUT2D eigenvalue weighted by atomic mass is 10.3. The van der Waals surface area contributed by atoms with Gasteiger partial charge in [0.1, 0.15) is 12.4 Å². The van der Waals surface area contributed by atoms with Crippen molar-refractivity contribution < 1.29 is 18.9 Å². The van der Waals surface area contributed by atoms with Crippen LogP contribution in [0, 0.1) is 0 Å². The third-order valence-corrected chi connectivity index (χ3v) is 2.80. The van der Waals surface area contributed by atoms with Gasteiger partial charge in [-0.15, -0.1) is 0 Å². The standard InChI is InChI=1S/C16H28N2O4/c1-18(2)7-8-19-9-10-20-11-12-21-13-14-22-16-5-3-15(17)4-6-16/h3-6H,7-14,17H2,1-2H3. The number of nitrogens with two attached hydrogens (primary N) is 1. The summed E-state index contributed by atoms with van der Waals surface area (Å²) in [6.07, 6.45) is 0. The van der Waals surface area contributed by atoms with Gasteiger partial charge in [-0.25, -0.2) is 0 Å². The van der Waals surface area contributed by atoms with E-state index in [0.717, 1.165) is 24.6 Å². The molecule has 0 amide bonds. The van der Waals surface area contributed by atoms with Crippen LogP contribution in [0.3, 0.4) is 0 Å². The van der Waals surface area contributed by atoms with E-state index in [1.54, 1.807) is 0 Å². The quantitative estimate of drug-likeness (QED) is 0.437. The predicted octanol–water partition coefficient (Wildman–Crippen LogP) is 1.26. The lowest BCUT2D eigenvalue weighted by Gasteiger charge is -2.10. The summed E-state index contributed by atoms with van der Waals surface area (Å²) in [5, 5.41) is 0. The van der Waals surface area contributed by atoms with E-state index in [-0.39, 0.29) is 0 Å². The Kier molecular flexibility index (Phi) is 10.4. The van der Waals surface area contributed by atoms with Gasteiger partial charge in [-0.05, 0) is 38.4 Å². The number of hydrogen-bond acceptors (Lipinski definition) is 6. The van der Waals surface area contributed by atoms with Crippen molar-refractivity contribution in [2.45, 2.75) is 0 Å². The smallest absolute Gasteiger partial charge is 0.119 e. The highest BCUT2D eigenvalue weighted by Crippen LogP contribution is 2.12. The third-order valence-electron chi connectivity index (χ3n) is 2.80. The zero-order valence-corrected chi connectivity index (χ0v) is 13.6. The maximum Gasteiger partial charge on any atom is 0.119 e. The van der Waals surface area contributed by atoms with Crippen molar-refractivity contribution in [3.63, 3.8) is 0 Å². The van der Waals surface area contributed by atoms with E-state index in [1.807, 2.05) is 38.4 Å².